The van der Waals surface area contributed by atoms with Crippen LogP contribution in [0.15, 0.2) is 5.38 Å². The average Bonchev–Trinajstić information content (AvgIpc) is 3.06. The molecule has 3 heterocycles. The van der Waals surface area contributed by atoms with Crippen LogP contribution in [0.4, 0.5) is 5.00 Å². The molecule has 1 fully saturated rings. The number of nitrogens with two attached hydrogens (primary N) is 1. The summed E-state index contributed by atoms with van der Waals surface area (Å²) in [6, 6.07) is 0. The van der Waals surface area contributed by atoms with Crippen molar-refractivity contribution in [2.45, 2.75) is 31.8 Å². The number of nitrogen functional groups attached to an aromatic ring is 1. The molecule has 2 aliphatic rings. The maximum atomic E-state index is 12.8. The topological polar surface area (TPSA) is 85.1 Å². The zero-order valence-electron chi connectivity index (χ0n) is 12.6. The van der Waals surface area contributed by atoms with Gasteiger partial charge in [0, 0.05) is 24.5 Å². The van der Waals surface area contributed by atoms with Crippen molar-refractivity contribution in [1.82, 2.24) is 9.96 Å². The van der Waals surface area contributed by atoms with Gasteiger partial charge < -0.3 is 15.3 Å². The largest absolute Gasteiger partial charge is 0.403 e. The minimum Gasteiger partial charge on any atom is -0.403 e. The van der Waals surface area contributed by atoms with Crippen molar-refractivity contribution < 1.29 is 19.2 Å². The van der Waals surface area contributed by atoms with E-state index in [0.717, 1.165) is 5.56 Å². The van der Waals surface area contributed by atoms with Crippen molar-refractivity contribution in [3.8, 4) is 5.75 Å². The molecule has 0 bridgehead atoms. The molecule has 1 aromatic rings. The second-order valence-corrected chi connectivity index (χ2v) is 6.60. The standard InChI is InChI=1S/C14H19N3O4S/c1-14(17-7-9-10(21-17)8-22-12(9)15)4-3-11(18)16(13(14)19)5-6-20-2/h8H,3-7,15H2,1-2H3/t14-/m0/s1. The zero-order valence-corrected chi connectivity index (χ0v) is 13.4. The predicted octanol–water partition coefficient (Wildman–Crippen LogP) is 0.994. The molecule has 2 amide bonds. The maximum absolute atomic E-state index is 12.8. The highest BCUT2D eigenvalue weighted by Gasteiger charge is 2.51. The van der Waals surface area contributed by atoms with Gasteiger partial charge in [-0.2, -0.15) is 0 Å². The van der Waals surface area contributed by atoms with E-state index < -0.39 is 5.54 Å². The van der Waals surface area contributed by atoms with Gasteiger partial charge in [0.25, 0.3) is 5.91 Å². The zero-order chi connectivity index (χ0) is 15.9. The van der Waals surface area contributed by atoms with Crippen LogP contribution in [0.3, 0.4) is 0 Å². The Morgan fingerprint density at radius 1 is 1.50 bits per heavy atom. The van der Waals surface area contributed by atoms with Crippen LogP contribution in [-0.4, -0.2) is 47.6 Å². The van der Waals surface area contributed by atoms with E-state index in [4.69, 9.17) is 15.3 Å². The number of hydrogen-bond donors (Lipinski definition) is 1. The first-order valence-electron chi connectivity index (χ1n) is 7.12. The first kappa shape index (κ1) is 15.3. The number of methoxy groups -OCH3 is 1. The Hall–Kier alpha value is -1.64. The second-order valence-electron chi connectivity index (χ2n) is 5.69. The van der Waals surface area contributed by atoms with E-state index in [1.165, 1.54) is 16.2 Å². The smallest absolute Gasteiger partial charge is 0.252 e. The third kappa shape index (κ3) is 2.27. The Labute approximate surface area is 132 Å². The summed E-state index contributed by atoms with van der Waals surface area (Å²) in [6.45, 7) is 2.86. The molecule has 0 spiro atoms. The normalized spacial score (nSPS) is 25.5. The molecule has 1 aromatic heterocycles. The SMILES string of the molecule is COCCN1C(=O)CC[C@](C)(N2Cc3c(csc3N)O2)C1=O. The average molecular weight is 325 g/mol. The summed E-state index contributed by atoms with van der Waals surface area (Å²) in [5.41, 5.74) is 5.97. The number of nitrogens with zero attached hydrogens (tertiary/aromatic N) is 2. The fraction of sp³-hybridized carbons (Fsp3) is 0.571. The number of anilines is 1. The van der Waals surface area contributed by atoms with E-state index in [2.05, 4.69) is 0 Å². The van der Waals surface area contributed by atoms with Crippen molar-refractivity contribution in [3.63, 3.8) is 0 Å². The molecule has 22 heavy (non-hydrogen) atoms. The lowest BCUT2D eigenvalue weighted by Gasteiger charge is -2.42. The van der Waals surface area contributed by atoms with E-state index in [1.807, 2.05) is 12.3 Å². The molecule has 120 valence electrons. The Morgan fingerprint density at radius 3 is 2.95 bits per heavy atom. The van der Waals surface area contributed by atoms with Gasteiger partial charge in [-0.3, -0.25) is 14.5 Å². The van der Waals surface area contributed by atoms with Gasteiger partial charge in [0.05, 0.1) is 24.7 Å². The highest BCUT2D eigenvalue weighted by atomic mass is 32.1. The lowest BCUT2D eigenvalue weighted by molar-refractivity contribution is -0.183. The third-order valence-corrected chi connectivity index (χ3v) is 5.13. The second kappa shape index (κ2) is 5.53. The fourth-order valence-corrected chi connectivity index (χ4v) is 3.55. The van der Waals surface area contributed by atoms with Crippen LogP contribution in [0.25, 0.3) is 0 Å². The summed E-state index contributed by atoms with van der Waals surface area (Å²) in [7, 11) is 1.54. The molecule has 0 saturated carbocycles. The molecule has 1 atom stereocenters. The van der Waals surface area contributed by atoms with Crippen molar-refractivity contribution in [2.75, 3.05) is 26.0 Å². The Morgan fingerprint density at radius 2 is 2.27 bits per heavy atom. The summed E-state index contributed by atoms with van der Waals surface area (Å²) in [5, 5.41) is 4.20. The number of thiophene rings is 1. The molecule has 0 radical (unpaired) electrons. The number of rotatable bonds is 4. The van der Waals surface area contributed by atoms with Gasteiger partial charge in [-0.1, -0.05) is 0 Å². The Bertz CT molecular complexity index is 617. The molecule has 2 N–H and O–H groups in total. The summed E-state index contributed by atoms with van der Waals surface area (Å²) >= 11 is 1.43. The van der Waals surface area contributed by atoms with Gasteiger partial charge in [0.15, 0.2) is 5.75 Å². The molecule has 0 aliphatic carbocycles. The van der Waals surface area contributed by atoms with Crippen LogP contribution in [0.1, 0.15) is 25.3 Å². The van der Waals surface area contributed by atoms with Crippen LogP contribution in [-0.2, 0) is 20.9 Å². The maximum Gasteiger partial charge on any atom is 0.252 e. The molecule has 2 aliphatic heterocycles. The molecule has 1 saturated heterocycles. The molecule has 7 nitrogen and oxygen atoms in total. The number of carbonyl (C=O) groups excluding carboxylic acids is 2. The van der Waals surface area contributed by atoms with Crippen molar-refractivity contribution in [3.05, 3.63) is 10.9 Å². The number of fused-ring (bicyclic) bond motifs is 1. The molecule has 8 heteroatoms. The van der Waals surface area contributed by atoms with Crippen LogP contribution in [0.2, 0.25) is 0 Å². The van der Waals surface area contributed by atoms with E-state index in [9.17, 15) is 9.59 Å². The van der Waals surface area contributed by atoms with E-state index >= 15 is 0 Å². The van der Waals surface area contributed by atoms with Gasteiger partial charge >= 0.3 is 0 Å². The number of ether oxygens (including phenoxy) is 1. The van der Waals surface area contributed by atoms with Crippen molar-refractivity contribution in [2.24, 2.45) is 0 Å². The predicted molar refractivity (Wildman–Crippen MR) is 81.1 cm³/mol. The first-order chi connectivity index (χ1) is 10.5. The van der Waals surface area contributed by atoms with Crippen LogP contribution < -0.4 is 10.6 Å². The highest BCUT2D eigenvalue weighted by Crippen LogP contribution is 2.42. The highest BCUT2D eigenvalue weighted by molar-refractivity contribution is 7.14. The summed E-state index contributed by atoms with van der Waals surface area (Å²) in [6.07, 6.45) is 0.746. The quantitative estimate of drug-likeness (QED) is 0.831. The lowest BCUT2D eigenvalue weighted by atomic mass is 9.89. The van der Waals surface area contributed by atoms with E-state index in [1.54, 1.807) is 12.2 Å². The Kier molecular flexibility index (Phi) is 3.84. The monoisotopic (exact) mass is 325 g/mol. The van der Waals surface area contributed by atoms with E-state index in [0.29, 0.717) is 36.7 Å². The van der Waals surface area contributed by atoms with Crippen LogP contribution >= 0.6 is 11.3 Å². The van der Waals surface area contributed by atoms with Gasteiger partial charge in [0.1, 0.15) is 5.54 Å². The number of likely N-dealkylation sites (tertiary alicyclic amines) is 1. The first-order valence-corrected chi connectivity index (χ1v) is 8.00. The summed E-state index contributed by atoms with van der Waals surface area (Å²) < 4.78 is 4.98. The fourth-order valence-electron chi connectivity index (χ4n) is 2.82. The molecular weight excluding hydrogens is 306 g/mol. The van der Waals surface area contributed by atoms with Gasteiger partial charge in [-0.15, -0.1) is 16.4 Å². The van der Waals surface area contributed by atoms with Crippen LogP contribution in [0.5, 0.6) is 5.75 Å². The summed E-state index contributed by atoms with van der Waals surface area (Å²) in [5.74, 6) is 0.303. The molecule has 0 unspecified atom stereocenters. The number of hydroxylamine groups is 2. The lowest BCUT2D eigenvalue weighted by Crippen LogP contribution is -2.62. The van der Waals surface area contributed by atoms with E-state index in [-0.39, 0.29) is 18.4 Å². The number of amides is 2. The number of piperidine rings is 1. The minimum atomic E-state index is -0.870. The van der Waals surface area contributed by atoms with Crippen molar-refractivity contribution in [1.29, 1.82) is 0 Å². The molecular formula is C14H19N3O4S. The number of carbonyl (C=O) groups is 2. The summed E-state index contributed by atoms with van der Waals surface area (Å²) in [4.78, 5) is 31.9. The Balaban J connectivity index is 1.80. The van der Waals surface area contributed by atoms with Gasteiger partial charge in [0.2, 0.25) is 5.91 Å². The van der Waals surface area contributed by atoms with Gasteiger partial charge in [-0.05, 0) is 13.3 Å². The number of imide groups is 1. The van der Waals surface area contributed by atoms with Crippen LogP contribution in [0, 0.1) is 0 Å². The minimum absolute atomic E-state index is 0.160. The number of hydrogen-bond acceptors (Lipinski definition) is 7. The molecule has 0 aromatic carbocycles. The third-order valence-electron chi connectivity index (χ3n) is 4.30. The van der Waals surface area contributed by atoms with Crippen molar-refractivity contribution >= 4 is 28.2 Å². The van der Waals surface area contributed by atoms with Gasteiger partial charge in [-0.25, -0.2) is 0 Å². The molecule has 3 rings (SSSR count).